The highest BCUT2D eigenvalue weighted by atomic mass is 16.5. The highest BCUT2D eigenvalue weighted by molar-refractivity contribution is 5.94. The second-order valence-electron chi connectivity index (χ2n) is 5.92. The molecule has 0 spiro atoms. The number of carbonyl (C=O) groups excluding carboxylic acids is 2. The molecular formula is C16H24N4O3. The minimum atomic E-state index is -0.120. The van der Waals surface area contributed by atoms with E-state index >= 15 is 0 Å². The van der Waals surface area contributed by atoms with Gasteiger partial charge in [0.2, 0.25) is 5.91 Å². The van der Waals surface area contributed by atoms with Crippen LogP contribution in [-0.4, -0.2) is 69.1 Å². The number of methoxy groups -OCH3 is 1. The molecule has 0 saturated carbocycles. The number of pyridine rings is 1. The average Bonchev–Trinajstić information content (AvgIpc) is 2.96. The first kappa shape index (κ1) is 17.2. The second kappa shape index (κ2) is 7.41. The Bertz CT molecular complexity index is 559. The fraction of sp³-hybridized carbons (Fsp3) is 0.562. The van der Waals surface area contributed by atoms with Gasteiger partial charge in [0, 0.05) is 59.9 Å². The summed E-state index contributed by atoms with van der Waals surface area (Å²) >= 11 is 0. The number of ether oxygens (including phenoxy) is 1. The number of anilines is 1. The summed E-state index contributed by atoms with van der Waals surface area (Å²) in [5.41, 5.74) is 0.547. The highest BCUT2D eigenvalue weighted by Gasteiger charge is 2.36. The fourth-order valence-electron chi connectivity index (χ4n) is 2.77. The molecule has 1 aliphatic heterocycles. The number of hydrogen-bond donors (Lipinski definition) is 1. The van der Waals surface area contributed by atoms with Gasteiger partial charge in [-0.05, 0) is 12.1 Å². The predicted octanol–water partition coefficient (Wildman–Crippen LogP) is 0.371. The molecule has 1 aromatic rings. The molecule has 7 heteroatoms. The van der Waals surface area contributed by atoms with Crippen molar-refractivity contribution in [2.75, 3.05) is 46.2 Å². The van der Waals surface area contributed by atoms with Crippen molar-refractivity contribution in [2.24, 2.45) is 5.92 Å². The molecule has 0 aliphatic carbocycles. The first-order valence-corrected chi connectivity index (χ1v) is 7.62. The number of nitrogens with one attached hydrogen (secondary N) is 1. The Kier molecular flexibility index (Phi) is 5.54. The quantitative estimate of drug-likeness (QED) is 0.848. The van der Waals surface area contributed by atoms with Crippen LogP contribution >= 0.6 is 0 Å². The number of likely N-dealkylation sites (tertiary alicyclic amines) is 1. The summed E-state index contributed by atoms with van der Waals surface area (Å²) < 4.78 is 5.44. The van der Waals surface area contributed by atoms with Gasteiger partial charge in [0.05, 0.1) is 11.7 Å². The summed E-state index contributed by atoms with van der Waals surface area (Å²) in [5, 5.41) is 2.62. The highest BCUT2D eigenvalue weighted by Crippen LogP contribution is 2.24. The lowest BCUT2D eigenvalue weighted by Crippen LogP contribution is -2.30. The molecule has 2 rings (SSSR count). The molecular weight excluding hydrogens is 296 g/mol. The van der Waals surface area contributed by atoms with Crippen LogP contribution in [0.4, 0.5) is 5.82 Å². The van der Waals surface area contributed by atoms with Crippen molar-refractivity contribution >= 4 is 17.6 Å². The Labute approximate surface area is 136 Å². The second-order valence-corrected chi connectivity index (χ2v) is 5.92. The standard InChI is InChI=1S/C16H24N4O3/c1-17-15(21)7-12-9-20(10-13(12)23-4)16(22)11-5-6-14(18-8-11)19(2)3/h5-6,8,12-13H,7,9-10H2,1-4H3,(H,17,21)/t12-,13-/m0/s1. The van der Waals surface area contributed by atoms with Gasteiger partial charge >= 0.3 is 0 Å². The van der Waals surface area contributed by atoms with Gasteiger partial charge < -0.3 is 19.9 Å². The molecule has 23 heavy (non-hydrogen) atoms. The van der Waals surface area contributed by atoms with Crippen molar-refractivity contribution in [1.29, 1.82) is 0 Å². The van der Waals surface area contributed by atoms with Crippen LogP contribution in [0.25, 0.3) is 0 Å². The zero-order valence-corrected chi connectivity index (χ0v) is 14.1. The van der Waals surface area contributed by atoms with Crippen molar-refractivity contribution < 1.29 is 14.3 Å². The van der Waals surface area contributed by atoms with Crippen LogP contribution in [-0.2, 0) is 9.53 Å². The Balaban J connectivity index is 2.06. The summed E-state index contributed by atoms with van der Waals surface area (Å²) in [5.74, 6) is 0.695. The minimum Gasteiger partial charge on any atom is -0.379 e. The average molecular weight is 320 g/mol. The Morgan fingerprint density at radius 3 is 2.65 bits per heavy atom. The third kappa shape index (κ3) is 3.98. The monoisotopic (exact) mass is 320 g/mol. The number of amides is 2. The molecule has 7 nitrogen and oxygen atoms in total. The molecule has 1 aromatic heterocycles. The van der Waals surface area contributed by atoms with Crippen molar-refractivity contribution in [3.8, 4) is 0 Å². The number of rotatable bonds is 5. The SMILES string of the molecule is CNC(=O)C[C@H]1CN(C(=O)c2ccc(N(C)C)nc2)C[C@@H]1OC. The van der Waals surface area contributed by atoms with Gasteiger partial charge in [-0.3, -0.25) is 9.59 Å². The van der Waals surface area contributed by atoms with Gasteiger partial charge in [-0.15, -0.1) is 0 Å². The van der Waals surface area contributed by atoms with Gasteiger partial charge in [0.15, 0.2) is 0 Å². The molecule has 1 fully saturated rings. The van der Waals surface area contributed by atoms with Crippen LogP contribution in [0.1, 0.15) is 16.8 Å². The lowest BCUT2D eigenvalue weighted by molar-refractivity contribution is -0.122. The first-order valence-electron chi connectivity index (χ1n) is 7.62. The Hall–Kier alpha value is -2.15. The molecule has 0 radical (unpaired) electrons. The Morgan fingerprint density at radius 2 is 2.13 bits per heavy atom. The molecule has 1 N–H and O–H groups in total. The molecule has 1 aliphatic rings. The van der Waals surface area contributed by atoms with E-state index in [1.54, 1.807) is 31.3 Å². The molecule has 0 bridgehead atoms. The number of nitrogens with zero attached hydrogens (tertiary/aromatic N) is 3. The van der Waals surface area contributed by atoms with Crippen LogP contribution in [0.15, 0.2) is 18.3 Å². The molecule has 0 unspecified atom stereocenters. The van der Waals surface area contributed by atoms with Crippen LogP contribution in [0.3, 0.4) is 0 Å². The maximum atomic E-state index is 12.6. The molecule has 0 aromatic carbocycles. The zero-order chi connectivity index (χ0) is 17.0. The van der Waals surface area contributed by atoms with Gasteiger partial charge in [0.1, 0.15) is 5.82 Å². The molecule has 126 valence electrons. The summed E-state index contributed by atoms with van der Waals surface area (Å²) in [7, 11) is 7.02. The van der Waals surface area contributed by atoms with E-state index in [0.29, 0.717) is 25.1 Å². The normalized spacial score (nSPS) is 20.4. The summed E-state index contributed by atoms with van der Waals surface area (Å²) in [6, 6.07) is 3.59. The van der Waals surface area contributed by atoms with E-state index in [4.69, 9.17) is 4.74 Å². The van der Waals surface area contributed by atoms with Crippen molar-refractivity contribution in [1.82, 2.24) is 15.2 Å². The third-order valence-electron chi connectivity index (χ3n) is 4.15. The van der Waals surface area contributed by atoms with E-state index < -0.39 is 0 Å². The van der Waals surface area contributed by atoms with Crippen LogP contribution in [0, 0.1) is 5.92 Å². The third-order valence-corrected chi connectivity index (χ3v) is 4.15. The Morgan fingerprint density at radius 1 is 1.39 bits per heavy atom. The van der Waals surface area contributed by atoms with E-state index in [1.807, 2.05) is 25.1 Å². The van der Waals surface area contributed by atoms with Gasteiger partial charge in [-0.2, -0.15) is 0 Å². The fourth-order valence-corrected chi connectivity index (χ4v) is 2.77. The summed E-state index contributed by atoms with van der Waals surface area (Å²) in [6.45, 7) is 1.01. The van der Waals surface area contributed by atoms with E-state index in [-0.39, 0.29) is 23.8 Å². The molecule has 2 heterocycles. The summed E-state index contributed by atoms with van der Waals surface area (Å²) in [6.07, 6.45) is 1.83. The molecule has 1 saturated heterocycles. The minimum absolute atomic E-state index is 0.0120. The lowest BCUT2D eigenvalue weighted by atomic mass is 10.0. The maximum absolute atomic E-state index is 12.6. The topological polar surface area (TPSA) is 74.8 Å². The molecule has 2 atom stereocenters. The van der Waals surface area contributed by atoms with E-state index in [1.165, 1.54) is 0 Å². The first-order chi connectivity index (χ1) is 11.0. The maximum Gasteiger partial charge on any atom is 0.255 e. The van der Waals surface area contributed by atoms with Crippen molar-refractivity contribution in [3.05, 3.63) is 23.9 Å². The van der Waals surface area contributed by atoms with Crippen molar-refractivity contribution in [3.63, 3.8) is 0 Å². The van der Waals surface area contributed by atoms with Gasteiger partial charge in [0.25, 0.3) is 5.91 Å². The number of aromatic nitrogens is 1. The van der Waals surface area contributed by atoms with Gasteiger partial charge in [-0.1, -0.05) is 0 Å². The summed E-state index contributed by atoms with van der Waals surface area (Å²) in [4.78, 5) is 32.1. The predicted molar refractivity (Wildman–Crippen MR) is 87.4 cm³/mol. The van der Waals surface area contributed by atoms with Gasteiger partial charge in [-0.25, -0.2) is 4.98 Å². The smallest absolute Gasteiger partial charge is 0.255 e. The molecule has 2 amide bonds. The largest absolute Gasteiger partial charge is 0.379 e. The van der Waals surface area contributed by atoms with Crippen molar-refractivity contribution in [2.45, 2.75) is 12.5 Å². The number of carbonyl (C=O) groups is 2. The van der Waals surface area contributed by atoms with Crippen LogP contribution < -0.4 is 10.2 Å². The number of hydrogen-bond acceptors (Lipinski definition) is 5. The van der Waals surface area contributed by atoms with Crippen LogP contribution in [0.2, 0.25) is 0 Å². The van der Waals surface area contributed by atoms with Crippen LogP contribution in [0.5, 0.6) is 0 Å². The van der Waals surface area contributed by atoms with E-state index in [9.17, 15) is 9.59 Å². The zero-order valence-electron chi connectivity index (χ0n) is 14.1. The lowest BCUT2D eigenvalue weighted by Gasteiger charge is -2.17. The van der Waals surface area contributed by atoms with E-state index in [0.717, 1.165) is 5.82 Å². The van der Waals surface area contributed by atoms with E-state index in [2.05, 4.69) is 10.3 Å².